The zero-order valence-corrected chi connectivity index (χ0v) is 73.0. The fourth-order valence-electron chi connectivity index (χ4n) is 15.0. The number of fused-ring (bicyclic) bond motifs is 3. The molecule has 28 nitrogen and oxygen atoms in total. The van der Waals surface area contributed by atoms with Crippen molar-refractivity contribution in [1.29, 1.82) is 0 Å². The van der Waals surface area contributed by atoms with Gasteiger partial charge < -0.3 is 84.6 Å². The number of hydrogen-bond donors (Lipinski definition) is 6. The first-order chi connectivity index (χ1) is 51.2. The Morgan fingerprint density at radius 2 is 0.872 bits per heavy atom. The Morgan fingerprint density at radius 3 is 1.24 bits per heavy atom. The molecule has 10 N–H and O–H groups in total. The van der Waals surface area contributed by atoms with E-state index in [1.165, 1.54) is 29.7 Å². The van der Waals surface area contributed by atoms with Gasteiger partial charge in [-0.05, 0) is 168 Å². The molecule has 2 amide bonds. The van der Waals surface area contributed by atoms with Crippen molar-refractivity contribution in [3.05, 3.63) is 110 Å². The van der Waals surface area contributed by atoms with E-state index in [2.05, 4.69) is 78.4 Å². The van der Waals surface area contributed by atoms with Crippen LogP contribution in [0.2, 0.25) is 15.1 Å². The molecule has 9 aromatic heterocycles. The summed E-state index contributed by atoms with van der Waals surface area (Å²) in [6.45, 7) is 30.4. The molecule has 0 aliphatic carbocycles. The van der Waals surface area contributed by atoms with Gasteiger partial charge in [0.2, 0.25) is 0 Å². The molecule has 6 aliphatic rings. The Morgan fingerprint density at radius 1 is 0.532 bits per heavy atom. The fraction of sp³-hybridized carbons (Fsp3) is 0.521. The molecule has 3 spiro atoms. The van der Waals surface area contributed by atoms with Crippen molar-refractivity contribution in [2.75, 3.05) is 91.0 Å². The monoisotopic (exact) mass is 1700 g/mol. The van der Waals surface area contributed by atoms with Gasteiger partial charge in [0.25, 0.3) is 0 Å². The van der Waals surface area contributed by atoms with Gasteiger partial charge in [-0.3, -0.25) is 0 Å². The Balaban J connectivity index is 0.000000154. The number of aryl methyl sites for hydroxylation is 3. The number of pyridine rings is 3. The van der Waals surface area contributed by atoms with Crippen LogP contribution in [0.5, 0.6) is 0 Å². The summed E-state index contributed by atoms with van der Waals surface area (Å²) in [6.07, 6.45) is 15.0. The zero-order chi connectivity index (χ0) is 77.5. The molecule has 9 aromatic rings. The van der Waals surface area contributed by atoms with Crippen LogP contribution in [0.3, 0.4) is 0 Å². The second-order valence-electron chi connectivity index (χ2n) is 30.4. The number of carbonyl (C=O) groups excluding carboxylic acids is 2. The number of nitrogens with two attached hydrogens (primary N) is 4. The van der Waals surface area contributed by atoms with E-state index in [9.17, 15) is 9.59 Å². The molecule has 36 heteroatoms. The van der Waals surface area contributed by atoms with E-state index in [1.807, 2.05) is 120 Å². The first kappa shape index (κ1) is 84.3. The number of aromatic nitrogens is 12. The molecule has 0 radical (unpaired) electrons. The van der Waals surface area contributed by atoms with Crippen LogP contribution in [0.15, 0.2) is 103 Å². The summed E-state index contributed by atoms with van der Waals surface area (Å²) in [5.74, 6) is 3.70. The number of ether oxygens (including phenoxy) is 5. The van der Waals surface area contributed by atoms with Gasteiger partial charge in [0.1, 0.15) is 59.9 Å². The van der Waals surface area contributed by atoms with Gasteiger partial charge in [-0.25, -0.2) is 53.0 Å². The van der Waals surface area contributed by atoms with Gasteiger partial charge in [0, 0.05) is 89.9 Å². The number of rotatable bonds is 9. The molecule has 0 unspecified atom stereocenters. The zero-order valence-electron chi connectivity index (χ0n) is 63.6. The number of carbonyl (C=O) groups is 2. The summed E-state index contributed by atoms with van der Waals surface area (Å²) in [5.41, 5.74) is 27.9. The second kappa shape index (κ2) is 34.6. The van der Waals surface area contributed by atoms with E-state index in [0.717, 1.165) is 160 Å². The Hall–Kier alpha value is -5.60. The van der Waals surface area contributed by atoms with E-state index in [1.54, 1.807) is 37.1 Å². The number of anilines is 6. The second-order valence-corrected chi connectivity index (χ2v) is 34.8. The number of alkyl carbamates (subject to hydrolysis) is 2. The summed E-state index contributed by atoms with van der Waals surface area (Å²) < 4.78 is 35.6. The third-order valence-corrected chi connectivity index (χ3v) is 26.1. The maximum absolute atomic E-state index is 12.6. The van der Waals surface area contributed by atoms with Crippen molar-refractivity contribution in [2.45, 2.75) is 194 Å². The largest absolute Gasteiger partial charge is 1.00 e. The number of amides is 2. The van der Waals surface area contributed by atoms with Gasteiger partial charge >= 0.3 is 63.6 Å². The summed E-state index contributed by atoms with van der Waals surface area (Å²) in [4.78, 5) is 60.8. The number of nitrogens with one attached hydrogen (secondary N) is 2. The van der Waals surface area contributed by atoms with E-state index in [0.29, 0.717) is 50.6 Å². The van der Waals surface area contributed by atoms with E-state index < -0.39 is 17.3 Å². The molecule has 15 rings (SSSR count). The quantitative estimate of drug-likeness (QED) is 0.0578. The fourth-order valence-corrected chi connectivity index (χ4v) is 18.0. The van der Waals surface area contributed by atoms with Crippen LogP contribution in [0.25, 0.3) is 16.6 Å². The number of halogens is 4. The van der Waals surface area contributed by atoms with Gasteiger partial charge in [0.05, 0.1) is 101 Å². The molecule has 15 heterocycles. The van der Waals surface area contributed by atoms with E-state index in [-0.39, 0.29) is 110 Å². The van der Waals surface area contributed by atoms with Crippen LogP contribution in [-0.4, -0.2) is 178 Å². The molecule has 6 aliphatic heterocycles. The van der Waals surface area contributed by atoms with Crippen LogP contribution in [0.4, 0.5) is 44.5 Å². The number of hydrogen-bond acceptors (Lipinski definition) is 26. The SMILES string of the molecule is Cc1nc(N2CCC3(CC2)CO[C@@H](C)[C@H]3N)c2ccnn2c1Sc1ccnc(N)c1Cl.Cc1nc(N2CCC3(CC2)CO[C@@H](C)[C@H]3NC(=O)OC(C)(C)C)c2ccnn2c1Br.Cc1nc(N2CCC3(CC2)CO[C@@H](C)[C@H]3NC(=O)OC(C)(C)C)c2ccnn2c1Sc1ccnc(N)c1Cl.Nc1nccc([S-])c1Cl.[K+]. The molecule has 6 atom stereocenters. The third-order valence-electron chi connectivity index (χ3n) is 20.9. The maximum Gasteiger partial charge on any atom is 1.00 e. The first-order valence-electron chi connectivity index (χ1n) is 35.9. The minimum Gasteiger partial charge on any atom is -0.778 e. The van der Waals surface area contributed by atoms with Crippen LogP contribution in [-0.2, 0) is 36.3 Å². The molecule has 0 saturated carbocycles. The Labute approximate surface area is 714 Å². The van der Waals surface area contributed by atoms with Crippen molar-refractivity contribution < 1.29 is 84.7 Å². The minimum atomic E-state index is -0.552. The molecule has 0 aromatic carbocycles. The maximum atomic E-state index is 12.6. The summed E-state index contributed by atoms with van der Waals surface area (Å²) in [7, 11) is 0. The number of piperidine rings is 3. The van der Waals surface area contributed by atoms with E-state index in [4.69, 9.17) is 109 Å². The molecule has 0 bridgehead atoms. The van der Waals surface area contributed by atoms with Crippen LogP contribution in [0, 0.1) is 37.0 Å². The van der Waals surface area contributed by atoms with Crippen LogP contribution >= 0.6 is 74.3 Å². The van der Waals surface area contributed by atoms with Crippen molar-refractivity contribution in [3.8, 4) is 0 Å². The average molecular weight is 1700 g/mol. The predicted molar refractivity (Wildman–Crippen MR) is 428 cm³/mol. The number of nitrogen functional groups attached to an aromatic ring is 3. The molecule has 580 valence electrons. The van der Waals surface area contributed by atoms with E-state index >= 15 is 0 Å². The molecule has 6 fully saturated rings. The molecular formula is C73H94BrCl3KN21O7S3. The molecule has 109 heavy (non-hydrogen) atoms. The standard InChI is InChI=1S/C26H34ClN7O3S.C21H30BrN5O3.C21H26ClN7OS.C5H5ClN2S.K/c1-15-23(38-18-7-10-29-21(28)19(18)27)34-17(6-11-30-34)22(31-15)33-12-8-26(9-13-33)14-36-16(2)20(26)32-24(35)37-25(3,4)5;1-13-17(22)27-15(6-9-23-27)18(24-13)26-10-7-21(8-11-26)12-29-14(2)16(21)25-19(28)30-20(3,4)5;1-12-20(31-15-4-7-25-18(24)16(15)22)29-14(3-8-26-29)19(27-12)28-9-5-21(6-10-28)11-30-13(2)17(21)23;6-4-3(9)1-2-8-5(4)7;/h6-7,10-11,16,20H,8-9,12-14H2,1-5H3,(H2,28,29)(H,32,35);6,9,14,16H,7-8,10-12H2,1-5H3,(H,25,28);3-4,7-8,13,17H,5-6,9-11,23H2,1-2H3,(H2,24,25);1-2H,(H3,7,8,9);/q;;;;+1/p-1/t16-,20+;14-,16+;13-,17+;;/m000../s1. The minimum absolute atomic E-state index is 0. The third kappa shape index (κ3) is 18.5. The summed E-state index contributed by atoms with van der Waals surface area (Å²) in [6, 6.07) is 11.2. The molecule has 6 saturated heterocycles. The first-order valence-corrected chi connectivity index (χ1v) is 39.9. The summed E-state index contributed by atoms with van der Waals surface area (Å²) >= 11 is 29.7. The number of nitrogens with zero attached hydrogens (tertiary/aromatic N) is 15. The predicted octanol–water partition coefficient (Wildman–Crippen LogP) is 9.80. The summed E-state index contributed by atoms with van der Waals surface area (Å²) in [5, 5.41) is 22.8. The van der Waals surface area contributed by atoms with Gasteiger partial charge in [0.15, 0.2) is 17.5 Å². The van der Waals surface area contributed by atoms with Crippen molar-refractivity contribution in [3.63, 3.8) is 0 Å². The van der Waals surface area contributed by atoms with Crippen molar-refractivity contribution in [2.24, 2.45) is 22.0 Å². The molecular weight excluding hydrogens is 1600 g/mol. The van der Waals surface area contributed by atoms with Crippen molar-refractivity contribution in [1.82, 2.24) is 69.4 Å². The topological polar surface area (TPSA) is 347 Å². The normalized spacial score (nSPS) is 21.3. The smallest absolute Gasteiger partial charge is 0.778 e. The Kier molecular flexibility index (Phi) is 26.8. The van der Waals surface area contributed by atoms with Crippen LogP contribution < -0.4 is 99.7 Å². The van der Waals surface area contributed by atoms with Crippen molar-refractivity contribution >= 4 is 151 Å². The van der Waals surface area contributed by atoms with Gasteiger partial charge in [-0.2, -0.15) is 20.2 Å². The van der Waals surface area contributed by atoms with Crippen LogP contribution in [0.1, 0.15) is 118 Å². The van der Waals surface area contributed by atoms with Gasteiger partial charge in [-0.15, -0.1) is 0 Å². The average Bonchev–Trinajstić information content (AvgIpc) is 1.68. The van der Waals surface area contributed by atoms with Gasteiger partial charge in [-0.1, -0.05) is 64.4 Å². The Bertz CT molecular complexity index is 4740.